The summed E-state index contributed by atoms with van der Waals surface area (Å²) < 4.78 is 13.1. The predicted octanol–water partition coefficient (Wildman–Crippen LogP) is 4.65. The molecule has 1 atom stereocenters. The summed E-state index contributed by atoms with van der Waals surface area (Å²) >= 11 is 1.63. The normalized spacial score (nSPS) is 15.8. The highest BCUT2D eigenvalue weighted by molar-refractivity contribution is 7.16. The number of nitrogens with zero attached hydrogens (tertiary/aromatic N) is 3. The predicted molar refractivity (Wildman–Crippen MR) is 145 cm³/mol. The molecule has 0 bridgehead atoms. The summed E-state index contributed by atoms with van der Waals surface area (Å²) in [7, 11) is 1.65. The number of hydrogen-bond acceptors (Lipinski definition) is 5. The molecular formula is C29H31N3O4S. The molecule has 2 amide bonds. The molecule has 1 aliphatic heterocycles. The van der Waals surface area contributed by atoms with Crippen LogP contribution in [0.4, 0.5) is 0 Å². The van der Waals surface area contributed by atoms with E-state index < -0.39 is 0 Å². The fourth-order valence-corrected chi connectivity index (χ4v) is 5.75. The van der Waals surface area contributed by atoms with Gasteiger partial charge in [0.05, 0.1) is 13.7 Å². The van der Waals surface area contributed by atoms with Crippen molar-refractivity contribution in [2.75, 3.05) is 33.4 Å². The Hall–Kier alpha value is -3.62. The molecule has 5 rings (SSSR count). The molecule has 0 spiro atoms. The zero-order chi connectivity index (χ0) is 25.8. The van der Waals surface area contributed by atoms with Gasteiger partial charge < -0.3 is 23.8 Å². The summed E-state index contributed by atoms with van der Waals surface area (Å²) in [5.41, 5.74) is 2.78. The molecule has 1 aliphatic rings. The minimum Gasteiger partial charge on any atom is -0.497 e. The van der Waals surface area contributed by atoms with E-state index in [1.54, 1.807) is 18.4 Å². The Morgan fingerprint density at radius 3 is 2.59 bits per heavy atom. The van der Waals surface area contributed by atoms with Gasteiger partial charge in [-0.3, -0.25) is 9.59 Å². The Morgan fingerprint density at radius 1 is 1.00 bits per heavy atom. The highest BCUT2D eigenvalue weighted by atomic mass is 32.1. The van der Waals surface area contributed by atoms with Crippen molar-refractivity contribution in [2.24, 2.45) is 0 Å². The first-order valence-corrected chi connectivity index (χ1v) is 13.3. The molecule has 2 aromatic heterocycles. The first-order chi connectivity index (χ1) is 18.0. The van der Waals surface area contributed by atoms with Gasteiger partial charge in [0.15, 0.2) is 0 Å². The van der Waals surface area contributed by atoms with Gasteiger partial charge in [0, 0.05) is 37.6 Å². The highest BCUT2D eigenvalue weighted by Crippen LogP contribution is 2.28. The maximum atomic E-state index is 13.7. The Kier molecular flexibility index (Phi) is 7.58. The van der Waals surface area contributed by atoms with Crippen LogP contribution in [0.25, 0.3) is 10.2 Å². The largest absolute Gasteiger partial charge is 0.497 e. The Balaban J connectivity index is 1.25. The van der Waals surface area contributed by atoms with Gasteiger partial charge in [-0.1, -0.05) is 42.5 Å². The lowest BCUT2D eigenvalue weighted by Crippen LogP contribution is -2.56. The summed E-state index contributed by atoms with van der Waals surface area (Å²) in [6.45, 7) is 4.48. The molecule has 3 heterocycles. The van der Waals surface area contributed by atoms with Crippen LogP contribution in [0.2, 0.25) is 0 Å². The van der Waals surface area contributed by atoms with Crippen LogP contribution >= 0.6 is 11.3 Å². The van der Waals surface area contributed by atoms with Gasteiger partial charge in [-0.15, -0.1) is 11.3 Å². The summed E-state index contributed by atoms with van der Waals surface area (Å²) in [6.07, 6.45) is 0. The van der Waals surface area contributed by atoms with E-state index in [2.05, 4.69) is 4.57 Å². The number of piperazine rings is 1. The van der Waals surface area contributed by atoms with Crippen molar-refractivity contribution in [1.82, 2.24) is 14.4 Å². The van der Waals surface area contributed by atoms with E-state index in [0.717, 1.165) is 27.1 Å². The molecule has 0 aliphatic carbocycles. The van der Waals surface area contributed by atoms with Gasteiger partial charge in [-0.2, -0.15) is 0 Å². The van der Waals surface area contributed by atoms with Gasteiger partial charge in [0.25, 0.3) is 5.91 Å². The first kappa shape index (κ1) is 25.0. The van der Waals surface area contributed by atoms with E-state index in [1.165, 1.54) is 0 Å². The number of carbonyl (C=O) groups is 2. The van der Waals surface area contributed by atoms with Crippen LogP contribution < -0.4 is 4.74 Å². The third kappa shape index (κ3) is 5.55. The molecule has 1 saturated heterocycles. The van der Waals surface area contributed by atoms with E-state index in [4.69, 9.17) is 9.47 Å². The second kappa shape index (κ2) is 11.2. The molecule has 0 N–H and O–H groups in total. The van der Waals surface area contributed by atoms with Crippen LogP contribution in [0.5, 0.6) is 5.75 Å². The van der Waals surface area contributed by atoms with Gasteiger partial charge in [-0.25, -0.2) is 0 Å². The molecule has 1 unspecified atom stereocenters. The van der Waals surface area contributed by atoms with Gasteiger partial charge in [0.2, 0.25) is 5.91 Å². The number of fused-ring (bicyclic) bond motifs is 1. The molecule has 37 heavy (non-hydrogen) atoms. The number of thiophene rings is 1. The van der Waals surface area contributed by atoms with E-state index in [1.807, 2.05) is 88.8 Å². The number of benzene rings is 2. The van der Waals surface area contributed by atoms with Crippen LogP contribution in [0.1, 0.15) is 28.5 Å². The van der Waals surface area contributed by atoms with Crippen molar-refractivity contribution in [1.29, 1.82) is 0 Å². The quantitative estimate of drug-likeness (QED) is 0.341. The average molecular weight is 518 g/mol. The SMILES string of the molecule is COc1cccc(Cn2c(C(=O)N3CCN(C(=O)COCc4ccccc4)C(C)C3)cc3ccsc32)c1. The summed E-state index contributed by atoms with van der Waals surface area (Å²) in [4.78, 5) is 31.3. The summed E-state index contributed by atoms with van der Waals surface area (Å²) in [5, 5.41) is 3.11. The van der Waals surface area contributed by atoms with Crippen molar-refractivity contribution < 1.29 is 19.1 Å². The topological polar surface area (TPSA) is 64.0 Å². The fraction of sp³-hybridized carbons (Fsp3) is 0.310. The molecule has 2 aromatic carbocycles. The van der Waals surface area contributed by atoms with Gasteiger partial charge in [0.1, 0.15) is 22.9 Å². The molecule has 8 heteroatoms. The second-order valence-electron chi connectivity index (χ2n) is 9.31. The third-order valence-electron chi connectivity index (χ3n) is 6.77. The highest BCUT2D eigenvalue weighted by Gasteiger charge is 2.31. The summed E-state index contributed by atoms with van der Waals surface area (Å²) in [6, 6.07) is 21.7. The number of rotatable bonds is 8. The molecule has 7 nitrogen and oxygen atoms in total. The van der Waals surface area contributed by atoms with Crippen molar-refractivity contribution >= 4 is 33.4 Å². The Morgan fingerprint density at radius 2 is 1.81 bits per heavy atom. The third-order valence-corrected chi connectivity index (χ3v) is 7.72. The number of aromatic nitrogens is 1. The lowest BCUT2D eigenvalue weighted by molar-refractivity contribution is -0.140. The molecule has 192 valence electrons. The molecule has 4 aromatic rings. The van der Waals surface area contributed by atoms with E-state index in [0.29, 0.717) is 38.5 Å². The standard InChI is InChI=1S/C29H31N3O4S/c1-21-17-30(12-13-31(21)27(33)20-36-19-22-7-4-3-5-8-22)28(34)26-16-24-11-14-37-29(24)32(26)18-23-9-6-10-25(15-23)35-2/h3-11,14-16,21H,12-13,17-20H2,1-2H3. The zero-order valence-electron chi connectivity index (χ0n) is 21.1. The van der Waals surface area contributed by atoms with Gasteiger partial charge >= 0.3 is 0 Å². The van der Waals surface area contributed by atoms with Crippen LogP contribution in [0.3, 0.4) is 0 Å². The van der Waals surface area contributed by atoms with Crippen LogP contribution in [-0.4, -0.2) is 65.6 Å². The zero-order valence-corrected chi connectivity index (χ0v) is 21.9. The Bertz CT molecular complexity index is 1380. The van der Waals surface area contributed by atoms with Gasteiger partial charge in [-0.05, 0) is 47.7 Å². The second-order valence-corrected chi connectivity index (χ2v) is 10.2. The molecule has 1 fully saturated rings. The van der Waals surface area contributed by atoms with E-state index >= 15 is 0 Å². The molecule has 0 saturated carbocycles. The first-order valence-electron chi connectivity index (χ1n) is 12.4. The van der Waals surface area contributed by atoms with E-state index in [9.17, 15) is 9.59 Å². The number of carbonyl (C=O) groups excluding carboxylic acids is 2. The van der Waals surface area contributed by atoms with Crippen molar-refractivity contribution in [3.05, 3.63) is 88.9 Å². The van der Waals surface area contributed by atoms with E-state index in [-0.39, 0.29) is 24.5 Å². The van der Waals surface area contributed by atoms with Crippen molar-refractivity contribution in [3.63, 3.8) is 0 Å². The minimum atomic E-state index is -0.0894. The lowest BCUT2D eigenvalue weighted by Gasteiger charge is -2.40. The minimum absolute atomic E-state index is 0.00873. The average Bonchev–Trinajstić information content (AvgIpc) is 3.51. The maximum Gasteiger partial charge on any atom is 0.270 e. The molecule has 0 radical (unpaired) electrons. The number of methoxy groups -OCH3 is 1. The number of hydrogen-bond donors (Lipinski definition) is 0. The Labute approximate surface area is 220 Å². The smallest absolute Gasteiger partial charge is 0.270 e. The van der Waals surface area contributed by atoms with Crippen LogP contribution in [-0.2, 0) is 22.7 Å². The monoisotopic (exact) mass is 517 g/mol. The number of ether oxygens (including phenoxy) is 2. The lowest BCUT2D eigenvalue weighted by atomic mass is 10.1. The fourth-order valence-electron chi connectivity index (χ4n) is 4.85. The van der Waals surface area contributed by atoms with Crippen molar-refractivity contribution in [3.8, 4) is 5.75 Å². The van der Waals surface area contributed by atoms with Crippen LogP contribution in [0, 0.1) is 0 Å². The summed E-state index contributed by atoms with van der Waals surface area (Å²) in [5.74, 6) is 0.741. The number of amides is 2. The maximum absolute atomic E-state index is 13.7. The van der Waals surface area contributed by atoms with Crippen molar-refractivity contribution in [2.45, 2.75) is 26.1 Å². The van der Waals surface area contributed by atoms with Crippen LogP contribution in [0.15, 0.2) is 72.1 Å². The molecular weight excluding hydrogens is 486 g/mol.